The molecule has 1 saturated heterocycles. The number of carboxylic acid groups (broad SMARTS) is 1. The maximum absolute atomic E-state index is 13.5. The fraction of sp³-hybridized carbons (Fsp3) is 0.312. The number of piperidine rings is 1. The molecule has 41 heavy (non-hydrogen) atoms. The zero-order valence-electron chi connectivity index (χ0n) is 22.5. The van der Waals surface area contributed by atoms with Gasteiger partial charge in [-0.3, -0.25) is 14.4 Å². The van der Waals surface area contributed by atoms with E-state index in [0.717, 1.165) is 27.8 Å². The molecular weight excluding hydrogens is 524 g/mol. The molecule has 9 heteroatoms. The maximum atomic E-state index is 13.5. The minimum absolute atomic E-state index is 0.0100. The van der Waals surface area contributed by atoms with E-state index in [4.69, 9.17) is 9.47 Å². The Morgan fingerprint density at radius 3 is 2.17 bits per heavy atom. The number of hydrogen-bond donors (Lipinski definition) is 2. The predicted octanol–water partition coefficient (Wildman–Crippen LogP) is 4.35. The summed E-state index contributed by atoms with van der Waals surface area (Å²) in [6.45, 7) is 0.418. The van der Waals surface area contributed by atoms with Gasteiger partial charge in [0.15, 0.2) is 0 Å². The highest BCUT2D eigenvalue weighted by Gasteiger charge is 2.35. The van der Waals surface area contributed by atoms with E-state index in [1.807, 2.05) is 78.9 Å². The molecule has 0 radical (unpaired) electrons. The SMILES string of the molecule is O=C(C[C@H](NC(=O)OCC1c2ccccc2-c2ccccc21)C(=O)N1CCCC(C(=O)O)C1)OCc1ccccc1. The van der Waals surface area contributed by atoms with Gasteiger partial charge in [-0.05, 0) is 40.7 Å². The lowest BCUT2D eigenvalue weighted by Crippen LogP contribution is -2.53. The average molecular weight is 557 g/mol. The molecule has 2 amide bonds. The number of ether oxygens (including phenoxy) is 2. The number of hydrogen-bond acceptors (Lipinski definition) is 6. The van der Waals surface area contributed by atoms with Crippen molar-refractivity contribution < 1.29 is 33.8 Å². The van der Waals surface area contributed by atoms with Crippen molar-refractivity contribution in [2.45, 2.75) is 37.8 Å². The fourth-order valence-corrected chi connectivity index (χ4v) is 5.55. The van der Waals surface area contributed by atoms with Crippen LogP contribution >= 0.6 is 0 Å². The lowest BCUT2D eigenvalue weighted by Gasteiger charge is -2.33. The summed E-state index contributed by atoms with van der Waals surface area (Å²) in [5.41, 5.74) is 5.06. The summed E-state index contributed by atoms with van der Waals surface area (Å²) in [6.07, 6.45) is -0.279. The molecule has 2 N–H and O–H groups in total. The van der Waals surface area contributed by atoms with E-state index in [1.54, 1.807) is 0 Å². The minimum atomic E-state index is -1.26. The van der Waals surface area contributed by atoms with Crippen LogP contribution in [0.4, 0.5) is 4.79 Å². The second-order valence-corrected chi connectivity index (χ2v) is 10.3. The van der Waals surface area contributed by atoms with Crippen LogP contribution in [0, 0.1) is 5.92 Å². The molecule has 3 aromatic rings. The van der Waals surface area contributed by atoms with Gasteiger partial charge < -0.3 is 24.8 Å². The third-order valence-electron chi connectivity index (χ3n) is 7.63. The first kappa shape index (κ1) is 27.9. The highest BCUT2D eigenvalue weighted by Crippen LogP contribution is 2.44. The molecule has 1 fully saturated rings. The van der Waals surface area contributed by atoms with Crippen molar-refractivity contribution in [3.05, 3.63) is 95.6 Å². The zero-order valence-corrected chi connectivity index (χ0v) is 22.5. The van der Waals surface area contributed by atoms with Crippen molar-refractivity contribution in [1.82, 2.24) is 10.2 Å². The summed E-state index contributed by atoms with van der Waals surface area (Å²) in [6, 6.07) is 23.7. The number of carbonyl (C=O) groups is 4. The average Bonchev–Trinajstić information content (AvgIpc) is 3.32. The number of esters is 1. The van der Waals surface area contributed by atoms with Gasteiger partial charge in [0.2, 0.25) is 5.91 Å². The van der Waals surface area contributed by atoms with Gasteiger partial charge in [-0.15, -0.1) is 0 Å². The molecule has 9 nitrogen and oxygen atoms in total. The number of carboxylic acids is 1. The monoisotopic (exact) mass is 556 g/mol. The summed E-state index contributed by atoms with van der Waals surface area (Å²) in [4.78, 5) is 52.1. The molecule has 0 saturated carbocycles. The van der Waals surface area contributed by atoms with Gasteiger partial charge >= 0.3 is 18.0 Å². The van der Waals surface area contributed by atoms with Gasteiger partial charge in [-0.1, -0.05) is 78.9 Å². The molecule has 1 aliphatic heterocycles. The first-order valence-electron chi connectivity index (χ1n) is 13.7. The number of likely N-dealkylation sites (tertiary alicyclic amines) is 1. The molecular formula is C32H32N2O7. The lowest BCUT2D eigenvalue weighted by atomic mass is 9.97. The second kappa shape index (κ2) is 12.7. The largest absolute Gasteiger partial charge is 0.481 e. The Morgan fingerprint density at radius 2 is 1.51 bits per heavy atom. The number of benzene rings is 3. The molecule has 1 heterocycles. The summed E-state index contributed by atoms with van der Waals surface area (Å²) in [7, 11) is 0. The van der Waals surface area contributed by atoms with E-state index < -0.39 is 42.3 Å². The van der Waals surface area contributed by atoms with E-state index in [-0.39, 0.29) is 25.7 Å². The fourth-order valence-electron chi connectivity index (χ4n) is 5.55. The van der Waals surface area contributed by atoms with Gasteiger partial charge in [0.25, 0.3) is 0 Å². The van der Waals surface area contributed by atoms with Gasteiger partial charge in [0.1, 0.15) is 19.3 Å². The van der Waals surface area contributed by atoms with Crippen LogP contribution in [0.25, 0.3) is 11.1 Å². The molecule has 0 aromatic heterocycles. The zero-order chi connectivity index (χ0) is 28.8. The highest BCUT2D eigenvalue weighted by molar-refractivity contribution is 5.90. The van der Waals surface area contributed by atoms with Crippen LogP contribution in [-0.4, -0.2) is 59.7 Å². The standard InChI is InChI=1S/C32H32N2O7/c35-29(40-19-21-9-2-1-3-10-21)17-28(30(36)34-16-8-11-22(18-34)31(37)38)33-32(39)41-20-27-25-14-6-4-12-23(25)24-13-5-7-15-26(24)27/h1-7,9-10,12-15,22,27-28H,8,11,16-20H2,(H,33,39)(H,37,38)/t22?,28-/m0/s1. The van der Waals surface area contributed by atoms with Gasteiger partial charge in [-0.25, -0.2) is 4.79 Å². The molecule has 2 aliphatic rings. The summed E-state index contributed by atoms with van der Waals surface area (Å²) < 4.78 is 11.0. The smallest absolute Gasteiger partial charge is 0.407 e. The summed E-state index contributed by atoms with van der Waals surface area (Å²) in [5.74, 6) is -3.06. The summed E-state index contributed by atoms with van der Waals surface area (Å²) in [5, 5.41) is 12.0. The molecule has 3 aromatic carbocycles. The molecule has 1 unspecified atom stereocenters. The molecule has 1 aliphatic carbocycles. The van der Waals surface area contributed by atoms with E-state index in [0.29, 0.717) is 19.4 Å². The van der Waals surface area contributed by atoms with Crippen LogP contribution in [-0.2, 0) is 30.5 Å². The number of fused-ring (bicyclic) bond motifs is 3. The predicted molar refractivity (Wildman–Crippen MR) is 150 cm³/mol. The van der Waals surface area contributed by atoms with E-state index in [2.05, 4.69) is 5.32 Å². The number of carbonyl (C=O) groups excluding carboxylic acids is 3. The Balaban J connectivity index is 1.26. The Labute approximate surface area is 238 Å². The third-order valence-corrected chi connectivity index (χ3v) is 7.63. The number of alkyl carbamates (subject to hydrolysis) is 1. The Bertz CT molecular complexity index is 1380. The first-order valence-corrected chi connectivity index (χ1v) is 13.7. The quantitative estimate of drug-likeness (QED) is 0.376. The van der Waals surface area contributed by atoms with Crippen molar-refractivity contribution in [2.24, 2.45) is 5.92 Å². The number of rotatable bonds is 9. The highest BCUT2D eigenvalue weighted by atomic mass is 16.5. The van der Waals surface area contributed by atoms with Crippen LogP contribution in [0.2, 0.25) is 0 Å². The number of amides is 2. The Kier molecular flexibility index (Phi) is 8.62. The molecule has 5 rings (SSSR count). The van der Waals surface area contributed by atoms with Crippen LogP contribution in [0.3, 0.4) is 0 Å². The third kappa shape index (κ3) is 6.57. The van der Waals surface area contributed by atoms with Crippen molar-refractivity contribution in [2.75, 3.05) is 19.7 Å². The summed E-state index contributed by atoms with van der Waals surface area (Å²) >= 11 is 0. The Morgan fingerprint density at radius 1 is 0.878 bits per heavy atom. The molecule has 212 valence electrons. The van der Waals surface area contributed by atoms with Gasteiger partial charge in [0.05, 0.1) is 12.3 Å². The molecule has 0 bridgehead atoms. The van der Waals surface area contributed by atoms with Crippen LogP contribution in [0.1, 0.15) is 41.9 Å². The van der Waals surface area contributed by atoms with Crippen molar-refractivity contribution in [1.29, 1.82) is 0 Å². The Hall–Kier alpha value is -4.66. The van der Waals surface area contributed by atoms with Gasteiger partial charge in [-0.2, -0.15) is 0 Å². The number of nitrogens with zero attached hydrogens (tertiary/aromatic N) is 1. The maximum Gasteiger partial charge on any atom is 0.407 e. The molecule has 0 spiro atoms. The van der Waals surface area contributed by atoms with E-state index >= 15 is 0 Å². The van der Waals surface area contributed by atoms with E-state index in [1.165, 1.54) is 4.90 Å². The van der Waals surface area contributed by atoms with Crippen molar-refractivity contribution in [3.63, 3.8) is 0 Å². The number of nitrogens with one attached hydrogen (secondary N) is 1. The lowest BCUT2D eigenvalue weighted by molar-refractivity contribution is -0.151. The van der Waals surface area contributed by atoms with Crippen LogP contribution in [0.15, 0.2) is 78.9 Å². The van der Waals surface area contributed by atoms with Crippen LogP contribution < -0.4 is 5.32 Å². The van der Waals surface area contributed by atoms with Crippen LogP contribution in [0.5, 0.6) is 0 Å². The second-order valence-electron chi connectivity index (χ2n) is 10.3. The van der Waals surface area contributed by atoms with Crippen molar-refractivity contribution >= 4 is 23.9 Å². The minimum Gasteiger partial charge on any atom is -0.481 e. The van der Waals surface area contributed by atoms with E-state index in [9.17, 15) is 24.3 Å². The number of aliphatic carboxylic acids is 1. The topological polar surface area (TPSA) is 122 Å². The molecule has 2 atom stereocenters. The first-order chi connectivity index (χ1) is 19.9. The van der Waals surface area contributed by atoms with Crippen molar-refractivity contribution in [3.8, 4) is 11.1 Å². The van der Waals surface area contributed by atoms with Gasteiger partial charge in [0, 0.05) is 19.0 Å². The normalized spacial score (nSPS) is 16.7.